The minimum absolute atomic E-state index is 0.505. The summed E-state index contributed by atoms with van der Waals surface area (Å²) >= 11 is 0. The van der Waals surface area contributed by atoms with Crippen molar-refractivity contribution in [2.45, 2.75) is 52.6 Å². The van der Waals surface area contributed by atoms with Crippen LogP contribution in [0.3, 0.4) is 0 Å². The van der Waals surface area contributed by atoms with Crippen LogP contribution in [0.15, 0.2) is 24.3 Å². The monoisotopic (exact) mass is 274 g/mol. The van der Waals surface area contributed by atoms with Crippen molar-refractivity contribution >= 4 is 0 Å². The topological polar surface area (TPSA) is 15.3 Å². The molecule has 1 aromatic rings. The predicted molar refractivity (Wildman–Crippen MR) is 87.0 cm³/mol. The van der Waals surface area contributed by atoms with Gasteiger partial charge < -0.3 is 5.32 Å². The van der Waals surface area contributed by atoms with E-state index in [9.17, 15) is 0 Å². The molecule has 2 heteroatoms. The Morgan fingerprint density at radius 3 is 2.25 bits per heavy atom. The molecule has 1 atom stereocenters. The summed E-state index contributed by atoms with van der Waals surface area (Å²) in [6.45, 7) is 12.8. The summed E-state index contributed by atoms with van der Waals surface area (Å²) < 4.78 is 0. The Morgan fingerprint density at radius 1 is 1.10 bits per heavy atom. The van der Waals surface area contributed by atoms with Gasteiger partial charge in [0.25, 0.3) is 0 Å². The number of nitrogens with zero attached hydrogens (tertiary/aromatic N) is 1. The van der Waals surface area contributed by atoms with E-state index in [0.29, 0.717) is 12.1 Å². The minimum atomic E-state index is 0.505. The van der Waals surface area contributed by atoms with Crippen LogP contribution in [0.4, 0.5) is 0 Å². The van der Waals surface area contributed by atoms with E-state index in [1.54, 1.807) is 0 Å². The molecule has 0 saturated carbocycles. The summed E-state index contributed by atoms with van der Waals surface area (Å²) in [6, 6.07) is 10.1. The number of aryl methyl sites for hydroxylation is 1. The summed E-state index contributed by atoms with van der Waals surface area (Å²) in [7, 11) is 0. The fourth-order valence-corrected chi connectivity index (χ4v) is 3.22. The Labute approximate surface area is 124 Å². The lowest BCUT2D eigenvalue weighted by Gasteiger charge is -2.37. The first-order chi connectivity index (χ1) is 9.58. The lowest BCUT2D eigenvalue weighted by molar-refractivity contribution is 0.125. The highest BCUT2D eigenvalue weighted by Gasteiger charge is 2.23. The lowest BCUT2D eigenvalue weighted by Crippen LogP contribution is -2.40. The van der Waals surface area contributed by atoms with Gasteiger partial charge in [0.1, 0.15) is 0 Å². The first kappa shape index (κ1) is 15.5. The van der Waals surface area contributed by atoms with Crippen LogP contribution >= 0.6 is 0 Å². The quantitative estimate of drug-likeness (QED) is 0.879. The Balaban J connectivity index is 2.04. The predicted octanol–water partition coefficient (Wildman–Crippen LogP) is 3.77. The molecular formula is C18H30N2. The molecule has 2 rings (SSSR count). The second kappa shape index (κ2) is 7.24. The van der Waals surface area contributed by atoms with Gasteiger partial charge in [0, 0.05) is 18.6 Å². The SMILES string of the molecule is Cc1ccc(C(C)N(CC2CCNCC2)C(C)C)cc1. The Morgan fingerprint density at radius 2 is 1.70 bits per heavy atom. The van der Waals surface area contributed by atoms with Gasteiger partial charge in [-0.25, -0.2) is 0 Å². The van der Waals surface area contributed by atoms with E-state index in [0.717, 1.165) is 5.92 Å². The zero-order valence-corrected chi connectivity index (χ0v) is 13.5. The molecule has 112 valence electrons. The molecule has 1 aliphatic heterocycles. The van der Waals surface area contributed by atoms with Gasteiger partial charge in [-0.2, -0.15) is 0 Å². The van der Waals surface area contributed by atoms with Crippen LogP contribution in [-0.2, 0) is 0 Å². The average molecular weight is 274 g/mol. The summed E-state index contributed by atoms with van der Waals surface area (Å²) in [4.78, 5) is 2.67. The molecule has 1 N–H and O–H groups in total. The third kappa shape index (κ3) is 4.07. The van der Waals surface area contributed by atoms with E-state index in [4.69, 9.17) is 0 Å². The van der Waals surface area contributed by atoms with Gasteiger partial charge in [0.2, 0.25) is 0 Å². The first-order valence-corrected chi connectivity index (χ1v) is 8.11. The summed E-state index contributed by atoms with van der Waals surface area (Å²) in [6.07, 6.45) is 2.65. The van der Waals surface area contributed by atoms with Crippen molar-refractivity contribution in [2.75, 3.05) is 19.6 Å². The fourth-order valence-electron chi connectivity index (χ4n) is 3.22. The molecule has 0 amide bonds. The molecule has 0 aromatic heterocycles. The molecule has 0 spiro atoms. The highest BCUT2D eigenvalue weighted by molar-refractivity contribution is 5.23. The van der Waals surface area contributed by atoms with Gasteiger partial charge in [-0.1, -0.05) is 29.8 Å². The van der Waals surface area contributed by atoms with Crippen LogP contribution in [0.25, 0.3) is 0 Å². The summed E-state index contributed by atoms with van der Waals surface area (Å²) in [5.74, 6) is 0.853. The van der Waals surface area contributed by atoms with Crippen LogP contribution < -0.4 is 5.32 Å². The number of rotatable bonds is 5. The number of hydrogen-bond acceptors (Lipinski definition) is 2. The number of hydrogen-bond donors (Lipinski definition) is 1. The van der Waals surface area contributed by atoms with Gasteiger partial charge in [-0.15, -0.1) is 0 Å². The van der Waals surface area contributed by atoms with E-state index < -0.39 is 0 Å². The highest BCUT2D eigenvalue weighted by Crippen LogP contribution is 2.26. The number of nitrogens with one attached hydrogen (secondary N) is 1. The Bertz CT molecular complexity index is 390. The van der Waals surface area contributed by atoms with Gasteiger partial charge in [0.15, 0.2) is 0 Å². The number of piperidine rings is 1. The molecule has 0 aliphatic carbocycles. The van der Waals surface area contributed by atoms with E-state index in [1.165, 1.54) is 43.6 Å². The van der Waals surface area contributed by atoms with Crippen molar-refractivity contribution in [3.05, 3.63) is 35.4 Å². The standard InChI is InChI=1S/C18H30N2/c1-14(2)20(13-17-9-11-19-12-10-17)16(4)18-7-5-15(3)6-8-18/h5-8,14,16-17,19H,9-13H2,1-4H3. The van der Waals surface area contributed by atoms with Crippen molar-refractivity contribution in [2.24, 2.45) is 5.92 Å². The first-order valence-electron chi connectivity index (χ1n) is 8.11. The maximum absolute atomic E-state index is 3.47. The molecule has 1 aliphatic rings. The van der Waals surface area contributed by atoms with E-state index in [1.807, 2.05) is 0 Å². The Kier molecular flexibility index (Phi) is 5.62. The van der Waals surface area contributed by atoms with Gasteiger partial charge >= 0.3 is 0 Å². The maximum Gasteiger partial charge on any atom is 0.0322 e. The third-order valence-corrected chi connectivity index (χ3v) is 4.65. The van der Waals surface area contributed by atoms with Crippen LogP contribution in [0.5, 0.6) is 0 Å². The third-order valence-electron chi connectivity index (χ3n) is 4.65. The molecule has 0 radical (unpaired) electrons. The zero-order chi connectivity index (χ0) is 14.5. The molecule has 1 fully saturated rings. The van der Waals surface area contributed by atoms with Crippen LogP contribution in [-0.4, -0.2) is 30.6 Å². The molecule has 0 bridgehead atoms. The lowest BCUT2D eigenvalue weighted by atomic mass is 9.95. The van der Waals surface area contributed by atoms with Crippen molar-refractivity contribution in [1.82, 2.24) is 10.2 Å². The summed E-state index contributed by atoms with van der Waals surface area (Å²) in [5, 5.41) is 3.47. The number of benzene rings is 1. The zero-order valence-electron chi connectivity index (χ0n) is 13.5. The van der Waals surface area contributed by atoms with Crippen LogP contribution in [0.1, 0.15) is 50.8 Å². The van der Waals surface area contributed by atoms with Gasteiger partial charge in [0.05, 0.1) is 0 Å². The van der Waals surface area contributed by atoms with E-state index >= 15 is 0 Å². The molecule has 2 nitrogen and oxygen atoms in total. The largest absolute Gasteiger partial charge is 0.317 e. The van der Waals surface area contributed by atoms with Crippen molar-refractivity contribution in [3.8, 4) is 0 Å². The fraction of sp³-hybridized carbons (Fsp3) is 0.667. The second-order valence-electron chi connectivity index (χ2n) is 6.57. The van der Waals surface area contributed by atoms with E-state index in [-0.39, 0.29) is 0 Å². The minimum Gasteiger partial charge on any atom is -0.317 e. The molecule has 1 aromatic carbocycles. The summed E-state index contributed by atoms with van der Waals surface area (Å²) in [5.41, 5.74) is 2.79. The maximum atomic E-state index is 3.47. The van der Waals surface area contributed by atoms with Crippen molar-refractivity contribution < 1.29 is 0 Å². The Hall–Kier alpha value is -0.860. The van der Waals surface area contributed by atoms with Crippen molar-refractivity contribution in [1.29, 1.82) is 0 Å². The smallest absolute Gasteiger partial charge is 0.0322 e. The van der Waals surface area contributed by atoms with Crippen molar-refractivity contribution in [3.63, 3.8) is 0 Å². The molecule has 1 unspecified atom stereocenters. The second-order valence-corrected chi connectivity index (χ2v) is 6.57. The molecule has 20 heavy (non-hydrogen) atoms. The molecule has 1 heterocycles. The van der Waals surface area contributed by atoms with Gasteiger partial charge in [-0.3, -0.25) is 4.90 Å². The molecule has 1 saturated heterocycles. The van der Waals surface area contributed by atoms with Gasteiger partial charge in [-0.05, 0) is 65.1 Å². The normalized spacial score (nSPS) is 18.7. The molecular weight excluding hydrogens is 244 g/mol. The van der Waals surface area contributed by atoms with Crippen LogP contribution in [0.2, 0.25) is 0 Å². The van der Waals surface area contributed by atoms with E-state index in [2.05, 4.69) is 62.2 Å². The highest BCUT2D eigenvalue weighted by atomic mass is 15.2. The van der Waals surface area contributed by atoms with Crippen LogP contribution in [0, 0.1) is 12.8 Å². The average Bonchev–Trinajstić information content (AvgIpc) is 2.45.